The fraction of sp³-hybridized carbons (Fsp3) is 0. The molecule has 0 heterocycles. The number of azo groups is 1. The molecule has 0 aliphatic rings. The van der Waals surface area contributed by atoms with Crippen molar-refractivity contribution in [2.24, 2.45) is 10.2 Å². The second-order valence-corrected chi connectivity index (χ2v) is 5.32. The zero-order chi connectivity index (χ0) is 17.3. The Morgan fingerprint density at radius 2 is 1.28 bits per heavy atom. The van der Waals surface area contributed by atoms with E-state index in [-0.39, 0.29) is 5.91 Å². The summed E-state index contributed by atoms with van der Waals surface area (Å²) in [6.07, 6.45) is 3.29. The zero-order valence-corrected chi connectivity index (χ0v) is 13.5. The Bertz CT molecular complexity index is 870. The first-order chi connectivity index (χ1) is 12.3. The first-order valence-electron chi connectivity index (χ1n) is 7.90. The SMILES string of the molecule is O=C(C=Cc1ccccc1)Nc1ccc(N=Nc2ccccc2)cc1. The van der Waals surface area contributed by atoms with E-state index in [1.807, 2.05) is 72.8 Å². The summed E-state index contributed by atoms with van der Waals surface area (Å²) in [5.41, 5.74) is 3.21. The predicted octanol–water partition coefficient (Wildman–Crippen LogP) is 5.75. The number of carbonyl (C=O) groups excluding carboxylic acids is 1. The van der Waals surface area contributed by atoms with Crippen LogP contribution in [0.15, 0.2) is 101 Å². The summed E-state index contributed by atoms with van der Waals surface area (Å²) < 4.78 is 0. The van der Waals surface area contributed by atoms with Crippen molar-refractivity contribution in [3.05, 3.63) is 96.6 Å². The Morgan fingerprint density at radius 3 is 1.92 bits per heavy atom. The lowest BCUT2D eigenvalue weighted by atomic mass is 10.2. The highest BCUT2D eigenvalue weighted by molar-refractivity contribution is 6.01. The summed E-state index contributed by atoms with van der Waals surface area (Å²) in [5.74, 6) is -0.178. The van der Waals surface area contributed by atoms with Gasteiger partial charge in [-0.2, -0.15) is 10.2 Å². The highest BCUT2D eigenvalue weighted by Crippen LogP contribution is 2.20. The Kier molecular flexibility index (Phi) is 5.46. The summed E-state index contributed by atoms with van der Waals surface area (Å²) >= 11 is 0. The molecule has 0 fully saturated rings. The number of hydrogen-bond donors (Lipinski definition) is 1. The van der Waals surface area contributed by atoms with Gasteiger partial charge in [-0.1, -0.05) is 48.5 Å². The van der Waals surface area contributed by atoms with Crippen molar-refractivity contribution in [1.29, 1.82) is 0 Å². The summed E-state index contributed by atoms with van der Waals surface area (Å²) in [5, 5.41) is 11.1. The Hall–Kier alpha value is -3.53. The third-order valence-corrected chi connectivity index (χ3v) is 3.40. The van der Waals surface area contributed by atoms with Crippen LogP contribution in [0.5, 0.6) is 0 Å². The number of anilines is 1. The average Bonchev–Trinajstić information content (AvgIpc) is 2.67. The number of carbonyl (C=O) groups is 1. The van der Waals surface area contributed by atoms with E-state index in [1.54, 1.807) is 18.2 Å². The number of hydrogen-bond acceptors (Lipinski definition) is 3. The van der Waals surface area contributed by atoms with Crippen molar-refractivity contribution < 1.29 is 4.79 Å². The van der Waals surface area contributed by atoms with E-state index in [1.165, 1.54) is 6.08 Å². The fourth-order valence-electron chi connectivity index (χ4n) is 2.14. The molecule has 4 heteroatoms. The molecule has 3 aromatic rings. The molecular weight excluding hydrogens is 310 g/mol. The molecule has 0 radical (unpaired) electrons. The van der Waals surface area contributed by atoms with E-state index in [4.69, 9.17) is 0 Å². The quantitative estimate of drug-likeness (QED) is 0.470. The van der Waals surface area contributed by atoms with E-state index in [0.29, 0.717) is 5.69 Å². The van der Waals surface area contributed by atoms with Gasteiger partial charge in [0.05, 0.1) is 11.4 Å². The summed E-state index contributed by atoms with van der Waals surface area (Å²) in [4.78, 5) is 11.9. The van der Waals surface area contributed by atoms with Crippen LogP contribution in [0.25, 0.3) is 6.08 Å². The Morgan fingerprint density at radius 1 is 0.720 bits per heavy atom. The molecule has 0 saturated carbocycles. The summed E-state index contributed by atoms with van der Waals surface area (Å²) in [6, 6.07) is 26.4. The zero-order valence-electron chi connectivity index (χ0n) is 13.5. The number of benzene rings is 3. The average molecular weight is 327 g/mol. The van der Waals surface area contributed by atoms with Gasteiger partial charge in [-0.3, -0.25) is 4.79 Å². The Balaban J connectivity index is 1.58. The molecule has 0 unspecified atom stereocenters. The normalized spacial score (nSPS) is 11.0. The molecule has 4 nitrogen and oxygen atoms in total. The van der Waals surface area contributed by atoms with Crippen LogP contribution in [-0.4, -0.2) is 5.91 Å². The second-order valence-electron chi connectivity index (χ2n) is 5.32. The van der Waals surface area contributed by atoms with Gasteiger partial charge in [0.2, 0.25) is 5.91 Å². The molecule has 0 bridgehead atoms. The summed E-state index contributed by atoms with van der Waals surface area (Å²) in [6.45, 7) is 0. The minimum absolute atomic E-state index is 0.178. The van der Waals surface area contributed by atoms with Gasteiger partial charge in [0.15, 0.2) is 0 Å². The van der Waals surface area contributed by atoms with Crippen LogP contribution in [0, 0.1) is 0 Å². The highest BCUT2D eigenvalue weighted by Gasteiger charge is 1.98. The van der Waals surface area contributed by atoms with Gasteiger partial charge in [-0.05, 0) is 48.0 Å². The van der Waals surface area contributed by atoms with Crippen molar-refractivity contribution in [3.63, 3.8) is 0 Å². The third-order valence-electron chi connectivity index (χ3n) is 3.40. The maximum Gasteiger partial charge on any atom is 0.248 e. The van der Waals surface area contributed by atoms with Gasteiger partial charge >= 0.3 is 0 Å². The van der Waals surface area contributed by atoms with Gasteiger partial charge in [0, 0.05) is 11.8 Å². The minimum Gasteiger partial charge on any atom is -0.323 e. The van der Waals surface area contributed by atoms with Crippen molar-refractivity contribution >= 4 is 29.0 Å². The standard InChI is InChI=1S/C21H17N3O/c25-21(16-11-17-7-3-1-4-8-17)22-18-12-14-20(15-13-18)24-23-19-9-5-2-6-10-19/h1-16H,(H,22,25). The van der Waals surface area contributed by atoms with Crippen LogP contribution in [0.4, 0.5) is 17.1 Å². The second kappa shape index (κ2) is 8.36. The van der Waals surface area contributed by atoms with Gasteiger partial charge in [-0.25, -0.2) is 0 Å². The van der Waals surface area contributed by atoms with Crippen molar-refractivity contribution in [3.8, 4) is 0 Å². The van der Waals surface area contributed by atoms with Crippen LogP contribution >= 0.6 is 0 Å². The van der Waals surface area contributed by atoms with Crippen LogP contribution in [0.3, 0.4) is 0 Å². The van der Waals surface area contributed by atoms with Gasteiger partial charge < -0.3 is 5.32 Å². The minimum atomic E-state index is -0.178. The maximum absolute atomic E-state index is 11.9. The molecule has 1 N–H and O–H groups in total. The molecule has 0 saturated heterocycles. The molecule has 0 aromatic heterocycles. The molecular formula is C21H17N3O. The van der Waals surface area contributed by atoms with Crippen LogP contribution < -0.4 is 5.32 Å². The monoisotopic (exact) mass is 327 g/mol. The molecule has 122 valence electrons. The van der Waals surface area contributed by atoms with Crippen molar-refractivity contribution in [2.45, 2.75) is 0 Å². The van der Waals surface area contributed by atoms with Crippen LogP contribution in [0.1, 0.15) is 5.56 Å². The van der Waals surface area contributed by atoms with E-state index >= 15 is 0 Å². The van der Waals surface area contributed by atoms with Gasteiger partial charge in [0.25, 0.3) is 0 Å². The lowest BCUT2D eigenvalue weighted by Gasteiger charge is -2.02. The molecule has 0 aliphatic heterocycles. The number of rotatable bonds is 5. The molecule has 0 atom stereocenters. The lowest BCUT2D eigenvalue weighted by molar-refractivity contribution is -0.111. The van der Waals surface area contributed by atoms with Gasteiger partial charge in [-0.15, -0.1) is 0 Å². The molecule has 0 spiro atoms. The molecule has 1 amide bonds. The van der Waals surface area contributed by atoms with Crippen molar-refractivity contribution in [1.82, 2.24) is 0 Å². The third kappa shape index (κ3) is 5.25. The van der Waals surface area contributed by atoms with E-state index < -0.39 is 0 Å². The molecule has 0 aliphatic carbocycles. The first kappa shape index (κ1) is 16.3. The Labute approximate surface area is 146 Å². The lowest BCUT2D eigenvalue weighted by Crippen LogP contribution is -2.07. The first-order valence-corrected chi connectivity index (χ1v) is 7.90. The summed E-state index contributed by atoms with van der Waals surface area (Å²) in [7, 11) is 0. The van der Waals surface area contributed by atoms with E-state index in [0.717, 1.165) is 16.9 Å². The molecule has 3 rings (SSSR count). The number of amides is 1. The van der Waals surface area contributed by atoms with Crippen LogP contribution in [0.2, 0.25) is 0 Å². The highest BCUT2D eigenvalue weighted by atomic mass is 16.1. The predicted molar refractivity (Wildman–Crippen MR) is 101 cm³/mol. The van der Waals surface area contributed by atoms with Crippen LogP contribution in [-0.2, 0) is 4.79 Å². The largest absolute Gasteiger partial charge is 0.323 e. The van der Waals surface area contributed by atoms with E-state index in [9.17, 15) is 4.79 Å². The fourth-order valence-corrected chi connectivity index (χ4v) is 2.14. The number of nitrogens with one attached hydrogen (secondary N) is 1. The molecule has 3 aromatic carbocycles. The topological polar surface area (TPSA) is 53.8 Å². The van der Waals surface area contributed by atoms with Gasteiger partial charge in [0.1, 0.15) is 0 Å². The number of nitrogens with zero attached hydrogens (tertiary/aromatic N) is 2. The molecule has 25 heavy (non-hydrogen) atoms. The van der Waals surface area contributed by atoms with Crippen molar-refractivity contribution in [2.75, 3.05) is 5.32 Å². The van der Waals surface area contributed by atoms with E-state index in [2.05, 4.69) is 15.5 Å². The smallest absolute Gasteiger partial charge is 0.248 e. The maximum atomic E-state index is 11.9.